The third-order valence-electron chi connectivity index (χ3n) is 1.79. The van der Waals surface area contributed by atoms with E-state index in [-0.39, 0.29) is 5.76 Å². The van der Waals surface area contributed by atoms with Crippen molar-refractivity contribution >= 4 is 28.1 Å². The van der Waals surface area contributed by atoms with E-state index < -0.39 is 5.91 Å². The van der Waals surface area contributed by atoms with Crippen LogP contribution < -0.4 is 5.43 Å². The van der Waals surface area contributed by atoms with E-state index in [0.29, 0.717) is 4.67 Å². The van der Waals surface area contributed by atoms with Gasteiger partial charge in [-0.3, -0.25) is 4.79 Å². The minimum absolute atomic E-state index is 0.204. The van der Waals surface area contributed by atoms with Gasteiger partial charge in [0.1, 0.15) is 0 Å². The van der Waals surface area contributed by atoms with Gasteiger partial charge < -0.3 is 9.40 Å². The van der Waals surface area contributed by atoms with E-state index in [1.54, 1.807) is 18.3 Å². The molecule has 0 aliphatic carbocycles. The Morgan fingerprint density at radius 2 is 2.38 bits per heavy atom. The molecule has 0 radical (unpaired) electrons. The summed E-state index contributed by atoms with van der Waals surface area (Å²) >= 11 is 3.11. The third kappa shape index (κ3) is 2.60. The number of carbonyl (C=O) groups is 1. The van der Waals surface area contributed by atoms with Gasteiger partial charge in [-0.1, -0.05) is 0 Å². The van der Waals surface area contributed by atoms with Crippen LogP contribution in [-0.4, -0.2) is 17.1 Å². The van der Waals surface area contributed by atoms with Crippen molar-refractivity contribution in [3.8, 4) is 0 Å². The summed E-state index contributed by atoms with van der Waals surface area (Å²) in [6.45, 7) is 0. The minimum atomic E-state index is -0.395. The molecular weight excluding hydrogens is 274 g/mol. The van der Waals surface area contributed by atoms with E-state index in [2.05, 4.69) is 31.4 Å². The molecule has 0 unspecified atom stereocenters. The van der Waals surface area contributed by atoms with Gasteiger partial charge in [0.05, 0.1) is 11.9 Å². The molecule has 2 rings (SSSR count). The lowest BCUT2D eigenvalue weighted by Gasteiger charge is -1.93. The molecule has 1 amide bonds. The number of hydrogen-bond donors (Lipinski definition) is 2. The molecule has 0 fully saturated rings. The predicted octanol–water partition coefficient (Wildman–Crippen LogP) is 2.13. The molecule has 16 heavy (non-hydrogen) atoms. The van der Waals surface area contributed by atoms with E-state index in [0.717, 1.165) is 5.69 Å². The summed E-state index contributed by atoms with van der Waals surface area (Å²) < 4.78 is 5.56. The van der Waals surface area contributed by atoms with Gasteiger partial charge in [-0.05, 0) is 40.2 Å². The van der Waals surface area contributed by atoms with Crippen molar-refractivity contribution in [3.63, 3.8) is 0 Å². The van der Waals surface area contributed by atoms with Gasteiger partial charge in [-0.25, -0.2) is 5.43 Å². The SMILES string of the molecule is O=C(N/N=C/c1ccc[nH]1)c1ccc(Br)o1. The first-order chi connectivity index (χ1) is 7.75. The molecule has 2 aromatic rings. The Morgan fingerprint density at radius 3 is 3.00 bits per heavy atom. The second-order valence-corrected chi connectivity index (χ2v) is 3.71. The highest BCUT2D eigenvalue weighted by Gasteiger charge is 2.08. The van der Waals surface area contributed by atoms with E-state index in [9.17, 15) is 4.79 Å². The fraction of sp³-hybridized carbons (Fsp3) is 0. The second-order valence-electron chi connectivity index (χ2n) is 2.93. The van der Waals surface area contributed by atoms with Crippen LogP contribution in [-0.2, 0) is 0 Å². The monoisotopic (exact) mass is 281 g/mol. The molecule has 0 saturated carbocycles. The van der Waals surface area contributed by atoms with E-state index in [4.69, 9.17) is 4.42 Å². The molecular formula is C10H8BrN3O2. The Labute approximate surface area is 99.7 Å². The number of nitrogens with zero attached hydrogens (tertiary/aromatic N) is 1. The summed E-state index contributed by atoms with van der Waals surface area (Å²) in [6.07, 6.45) is 3.28. The standard InChI is InChI=1S/C10H8BrN3O2/c11-9-4-3-8(16-9)10(15)14-13-6-7-2-1-5-12-7/h1-6,12H,(H,14,15)/b13-6+. The summed E-state index contributed by atoms with van der Waals surface area (Å²) in [5, 5.41) is 3.77. The Balaban J connectivity index is 1.94. The Kier molecular flexibility index (Phi) is 3.21. The number of furan rings is 1. The van der Waals surface area contributed by atoms with Gasteiger partial charge in [-0.15, -0.1) is 0 Å². The molecule has 0 spiro atoms. The number of aromatic nitrogens is 1. The van der Waals surface area contributed by atoms with Crippen LogP contribution in [0.3, 0.4) is 0 Å². The average molecular weight is 282 g/mol. The van der Waals surface area contributed by atoms with Crippen LogP contribution in [0.25, 0.3) is 0 Å². The van der Waals surface area contributed by atoms with Crippen molar-refractivity contribution in [2.24, 2.45) is 5.10 Å². The molecule has 0 aliphatic rings. The van der Waals surface area contributed by atoms with Crippen LogP contribution >= 0.6 is 15.9 Å². The number of amides is 1. The van der Waals surface area contributed by atoms with Crippen LogP contribution in [0, 0.1) is 0 Å². The van der Waals surface area contributed by atoms with Crippen molar-refractivity contribution < 1.29 is 9.21 Å². The zero-order valence-corrected chi connectivity index (χ0v) is 9.69. The first-order valence-electron chi connectivity index (χ1n) is 4.48. The van der Waals surface area contributed by atoms with E-state index in [1.807, 2.05) is 12.1 Å². The molecule has 82 valence electrons. The van der Waals surface area contributed by atoms with Crippen molar-refractivity contribution in [3.05, 3.63) is 46.6 Å². The molecule has 0 aliphatic heterocycles. The van der Waals surface area contributed by atoms with E-state index >= 15 is 0 Å². The van der Waals surface area contributed by atoms with Crippen LogP contribution in [0.2, 0.25) is 0 Å². The number of H-pyrrole nitrogens is 1. The molecule has 0 saturated heterocycles. The lowest BCUT2D eigenvalue weighted by Crippen LogP contribution is -2.16. The van der Waals surface area contributed by atoms with Crippen molar-refractivity contribution in [1.82, 2.24) is 10.4 Å². The predicted molar refractivity (Wildman–Crippen MR) is 62.3 cm³/mol. The Bertz CT molecular complexity index is 502. The lowest BCUT2D eigenvalue weighted by molar-refractivity contribution is 0.0926. The summed E-state index contributed by atoms with van der Waals surface area (Å²) in [5.41, 5.74) is 3.15. The van der Waals surface area contributed by atoms with Gasteiger partial charge in [-0.2, -0.15) is 5.10 Å². The number of hydrogen-bond acceptors (Lipinski definition) is 3. The second kappa shape index (κ2) is 4.80. The van der Waals surface area contributed by atoms with Gasteiger partial charge >= 0.3 is 5.91 Å². The minimum Gasteiger partial charge on any atom is -0.444 e. The fourth-order valence-electron chi connectivity index (χ4n) is 1.08. The van der Waals surface area contributed by atoms with Crippen LogP contribution in [0.1, 0.15) is 16.2 Å². The topological polar surface area (TPSA) is 70.4 Å². The number of hydrazone groups is 1. The maximum atomic E-state index is 11.4. The van der Waals surface area contributed by atoms with Crippen molar-refractivity contribution in [2.45, 2.75) is 0 Å². The van der Waals surface area contributed by atoms with Crippen LogP contribution in [0.4, 0.5) is 0 Å². The largest absolute Gasteiger partial charge is 0.444 e. The normalized spacial score (nSPS) is 10.8. The van der Waals surface area contributed by atoms with Crippen molar-refractivity contribution in [1.29, 1.82) is 0 Å². The number of nitrogens with one attached hydrogen (secondary N) is 2. The summed E-state index contributed by atoms with van der Waals surface area (Å²) in [6, 6.07) is 6.87. The average Bonchev–Trinajstić information content (AvgIpc) is 2.89. The van der Waals surface area contributed by atoms with Crippen LogP contribution in [0.5, 0.6) is 0 Å². The van der Waals surface area contributed by atoms with Crippen molar-refractivity contribution in [2.75, 3.05) is 0 Å². The zero-order chi connectivity index (χ0) is 11.4. The van der Waals surface area contributed by atoms with Gasteiger partial charge in [0, 0.05) is 6.20 Å². The maximum absolute atomic E-state index is 11.4. The summed E-state index contributed by atoms with van der Waals surface area (Å²) in [5.74, 6) is -0.191. The molecule has 2 N–H and O–H groups in total. The van der Waals surface area contributed by atoms with Gasteiger partial charge in [0.2, 0.25) is 0 Å². The Morgan fingerprint density at radius 1 is 1.50 bits per heavy atom. The Hall–Kier alpha value is -1.82. The van der Waals surface area contributed by atoms with Gasteiger partial charge in [0.25, 0.3) is 0 Å². The number of rotatable bonds is 3. The molecule has 0 bridgehead atoms. The lowest BCUT2D eigenvalue weighted by atomic mass is 10.4. The number of aromatic amines is 1. The van der Waals surface area contributed by atoms with Crippen LogP contribution in [0.15, 0.2) is 44.7 Å². The van der Waals surface area contributed by atoms with E-state index in [1.165, 1.54) is 6.21 Å². The number of halogens is 1. The highest BCUT2D eigenvalue weighted by atomic mass is 79.9. The third-order valence-corrected chi connectivity index (χ3v) is 2.21. The zero-order valence-electron chi connectivity index (χ0n) is 8.11. The fourth-order valence-corrected chi connectivity index (χ4v) is 1.38. The van der Waals surface area contributed by atoms with Gasteiger partial charge in [0.15, 0.2) is 10.4 Å². The smallest absolute Gasteiger partial charge is 0.307 e. The molecule has 6 heteroatoms. The molecule has 0 atom stereocenters. The summed E-state index contributed by atoms with van der Waals surface area (Å²) in [7, 11) is 0. The first-order valence-corrected chi connectivity index (χ1v) is 5.27. The summed E-state index contributed by atoms with van der Waals surface area (Å²) in [4.78, 5) is 14.4. The highest BCUT2D eigenvalue weighted by molar-refractivity contribution is 9.10. The molecule has 5 nitrogen and oxygen atoms in total. The maximum Gasteiger partial charge on any atom is 0.307 e. The highest BCUT2D eigenvalue weighted by Crippen LogP contribution is 2.13. The molecule has 0 aromatic carbocycles. The molecule has 2 heterocycles. The first kappa shape index (κ1) is 10.7. The number of carbonyl (C=O) groups excluding carboxylic acids is 1. The molecule has 2 aromatic heterocycles. The quantitative estimate of drug-likeness (QED) is 0.668.